The van der Waals surface area contributed by atoms with Crippen molar-refractivity contribution in [2.75, 3.05) is 0 Å². The van der Waals surface area contributed by atoms with Gasteiger partial charge in [0.1, 0.15) is 5.82 Å². The van der Waals surface area contributed by atoms with Crippen LogP contribution in [0, 0.1) is 11.9 Å². The summed E-state index contributed by atoms with van der Waals surface area (Å²) < 4.78 is 175. The summed E-state index contributed by atoms with van der Waals surface area (Å²) in [6.07, 6.45) is -19.7. The molecule has 1 unspecified atom stereocenters. The van der Waals surface area contributed by atoms with Crippen LogP contribution in [0.3, 0.4) is 0 Å². The van der Waals surface area contributed by atoms with Crippen molar-refractivity contribution < 1.29 is 57.1 Å². The fraction of sp³-hybridized carbons (Fsp3) is 0.368. The van der Waals surface area contributed by atoms with Crippen LogP contribution >= 0.6 is 15.9 Å². The number of alkyl halides is 12. The Bertz CT molecular complexity index is 1030. The molecule has 0 aromatic heterocycles. The molecule has 0 saturated heterocycles. The van der Waals surface area contributed by atoms with E-state index in [0.29, 0.717) is 6.07 Å². The lowest BCUT2D eigenvalue weighted by molar-refractivity contribution is -0.389. The molecule has 0 fully saturated rings. The second kappa shape index (κ2) is 8.35. The first-order valence-corrected chi connectivity index (χ1v) is 9.31. The lowest BCUT2D eigenvalue weighted by Crippen LogP contribution is -2.60. The first-order chi connectivity index (χ1) is 14.7. The van der Waals surface area contributed by atoms with E-state index in [0.717, 1.165) is 0 Å². The molecular weight excluding hydrogens is 555 g/mol. The Morgan fingerprint density at radius 3 is 1.76 bits per heavy atom. The Kier molecular flexibility index (Phi) is 6.89. The fourth-order valence-electron chi connectivity index (χ4n) is 2.94. The molecule has 2 rings (SSSR count). The lowest BCUT2D eigenvalue weighted by atomic mass is 9.81. The molecule has 0 bridgehead atoms. The molecule has 1 atom stereocenters. The third-order valence-electron chi connectivity index (χ3n) is 4.57. The molecule has 33 heavy (non-hydrogen) atoms. The van der Waals surface area contributed by atoms with Gasteiger partial charge in [-0.25, -0.2) is 8.78 Å². The van der Waals surface area contributed by atoms with Crippen molar-refractivity contribution in [1.82, 2.24) is 0 Å². The zero-order valence-corrected chi connectivity index (χ0v) is 17.4. The molecule has 0 aliphatic rings. The highest BCUT2D eigenvalue weighted by Crippen LogP contribution is 2.60. The highest BCUT2D eigenvalue weighted by molar-refractivity contribution is 9.10. The second-order valence-electron chi connectivity index (χ2n) is 6.67. The molecule has 14 heteroatoms. The fourth-order valence-corrected chi connectivity index (χ4v) is 3.64. The van der Waals surface area contributed by atoms with Gasteiger partial charge in [0.2, 0.25) is 0 Å². The third-order valence-corrected chi connectivity index (χ3v) is 5.16. The van der Waals surface area contributed by atoms with Crippen LogP contribution in [-0.2, 0) is 18.3 Å². The number of rotatable bonds is 4. The molecule has 0 heterocycles. The van der Waals surface area contributed by atoms with Gasteiger partial charge >= 0.3 is 30.1 Å². The normalized spacial score (nSPS) is 15.5. The minimum Gasteiger partial charge on any atom is -0.221 e. The Balaban J connectivity index is 3.08. The first-order valence-electron chi connectivity index (χ1n) is 8.52. The zero-order chi connectivity index (χ0) is 25.8. The monoisotopic (exact) mass is 563 g/mol. The lowest BCUT2D eigenvalue weighted by Gasteiger charge is -2.37. The van der Waals surface area contributed by atoms with Crippen LogP contribution in [0.5, 0.6) is 0 Å². The van der Waals surface area contributed by atoms with E-state index in [1.165, 1.54) is 6.92 Å². The maximum atomic E-state index is 15.2. The van der Waals surface area contributed by atoms with E-state index in [2.05, 4.69) is 22.0 Å². The molecule has 0 saturated carbocycles. The van der Waals surface area contributed by atoms with E-state index < -0.39 is 68.2 Å². The van der Waals surface area contributed by atoms with Gasteiger partial charge in [-0.3, -0.25) is 0 Å². The van der Waals surface area contributed by atoms with Crippen LogP contribution in [0.4, 0.5) is 57.1 Å². The molecule has 183 valence electrons. The van der Waals surface area contributed by atoms with Gasteiger partial charge in [-0.1, -0.05) is 19.1 Å². The van der Waals surface area contributed by atoms with Crippen molar-refractivity contribution in [1.29, 1.82) is 0 Å². The van der Waals surface area contributed by atoms with Crippen LogP contribution in [-0.4, -0.2) is 18.3 Å². The maximum absolute atomic E-state index is 15.2. The van der Waals surface area contributed by atoms with Gasteiger partial charge in [-0.2, -0.15) is 48.3 Å². The van der Waals surface area contributed by atoms with Gasteiger partial charge in [-0.15, -0.1) is 0 Å². The van der Waals surface area contributed by atoms with E-state index in [9.17, 15) is 52.7 Å². The Labute approximate surface area is 185 Å². The molecule has 0 aliphatic carbocycles. The average molecular weight is 564 g/mol. The Morgan fingerprint density at radius 1 is 0.788 bits per heavy atom. The van der Waals surface area contributed by atoms with Crippen molar-refractivity contribution in [3.63, 3.8) is 0 Å². The van der Waals surface area contributed by atoms with E-state index in [4.69, 9.17) is 0 Å². The molecular formula is C19H9BrF13. The molecule has 1 radical (unpaired) electrons. The number of aryl methyl sites for hydroxylation is 1. The van der Waals surface area contributed by atoms with Crippen molar-refractivity contribution in [3.05, 3.63) is 57.3 Å². The van der Waals surface area contributed by atoms with E-state index in [1.807, 2.05) is 0 Å². The quantitative estimate of drug-likeness (QED) is 0.327. The summed E-state index contributed by atoms with van der Waals surface area (Å²) in [5.74, 6) is -8.98. The second-order valence-corrected chi connectivity index (χ2v) is 7.46. The molecule has 0 aliphatic heterocycles. The van der Waals surface area contributed by atoms with Gasteiger partial charge in [0.15, 0.2) is 0 Å². The number of hydrogen-bond donors (Lipinski definition) is 0. The van der Waals surface area contributed by atoms with Crippen LogP contribution in [0.25, 0.3) is 11.1 Å². The summed E-state index contributed by atoms with van der Waals surface area (Å²) in [5, 5.41) is 0. The predicted octanol–water partition coefficient (Wildman–Crippen LogP) is 8.56. The third kappa shape index (κ3) is 4.54. The number of halogens is 14. The first kappa shape index (κ1) is 27.3. The summed E-state index contributed by atoms with van der Waals surface area (Å²) >= 11 is 2.55. The SMILES string of the molecule is CCc1[c]c(Br)c(-c2ccc(F)c(C(F)(F)F)c2)c(C(F)(C(F)(F)F)C(F)(F)C(F)(F)F)c1. The Hall–Kier alpha value is -1.99. The van der Waals surface area contributed by atoms with Crippen molar-refractivity contribution in [2.24, 2.45) is 0 Å². The standard InChI is InChI=1S/C19H9BrF13/c1-2-8-5-11(15(22,18(28,29)30)17(26,27)19(31,32)33)14(12(20)6-8)9-3-4-13(21)10(7-9)16(23,24)25/h3-5,7H,2H2,1H3. The molecule has 2 aromatic rings. The van der Waals surface area contributed by atoms with Gasteiger partial charge in [0.25, 0.3) is 0 Å². The number of hydrogen-bond acceptors (Lipinski definition) is 0. The van der Waals surface area contributed by atoms with Gasteiger partial charge in [0, 0.05) is 21.7 Å². The average Bonchev–Trinajstić information content (AvgIpc) is 2.64. The van der Waals surface area contributed by atoms with Crippen LogP contribution in [0.2, 0.25) is 0 Å². The van der Waals surface area contributed by atoms with Crippen LogP contribution in [0.1, 0.15) is 23.6 Å². The van der Waals surface area contributed by atoms with E-state index in [-0.39, 0.29) is 24.6 Å². The van der Waals surface area contributed by atoms with Crippen molar-refractivity contribution >= 4 is 15.9 Å². The smallest absolute Gasteiger partial charge is 0.221 e. The highest BCUT2D eigenvalue weighted by Gasteiger charge is 2.82. The molecule has 0 nitrogen and oxygen atoms in total. The summed E-state index contributed by atoms with van der Waals surface area (Å²) in [5.41, 5.74) is -13.9. The number of benzene rings is 2. The van der Waals surface area contributed by atoms with Crippen molar-refractivity contribution in [3.8, 4) is 11.1 Å². The van der Waals surface area contributed by atoms with Crippen LogP contribution in [0.15, 0.2) is 28.7 Å². The summed E-state index contributed by atoms with van der Waals surface area (Å²) in [7, 11) is 0. The summed E-state index contributed by atoms with van der Waals surface area (Å²) in [6.45, 7) is 1.22. The molecule has 0 amide bonds. The molecule has 0 N–H and O–H groups in total. The van der Waals surface area contributed by atoms with Gasteiger partial charge in [-0.05, 0) is 45.6 Å². The summed E-state index contributed by atoms with van der Waals surface area (Å²) in [4.78, 5) is 0. The highest BCUT2D eigenvalue weighted by atomic mass is 79.9. The predicted molar refractivity (Wildman–Crippen MR) is 92.6 cm³/mol. The minimum atomic E-state index is -7.06. The van der Waals surface area contributed by atoms with E-state index >= 15 is 4.39 Å². The van der Waals surface area contributed by atoms with Crippen molar-refractivity contribution in [2.45, 2.75) is 43.5 Å². The largest absolute Gasteiger partial charge is 0.457 e. The zero-order valence-electron chi connectivity index (χ0n) is 15.8. The van der Waals surface area contributed by atoms with Gasteiger partial charge < -0.3 is 0 Å². The topological polar surface area (TPSA) is 0 Å². The maximum Gasteiger partial charge on any atom is 0.457 e. The van der Waals surface area contributed by atoms with Gasteiger partial charge in [0.05, 0.1) is 5.56 Å². The van der Waals surface area contributed by atoms with E-state index in [1.54, 1.807) is 0 Å². The Morgan fingerprint density at radius 2 is 1.33 bits per heavy atom. The molecule has 0 spiro atoms. The molecule has 2 aromatic carbocycles. The van der Waals surface area contributed by atoms with Crippen LogP contribution < -0.4 is 0 Å². The summed E-state index contributed by atoms with van der Waals surface area (Å²) in [6, 6.07) is 2.56. The minimum absolute atomic E-state index is 0.00382.